The molecule has 23 heavy (non-hydrogen) atoms. The van der Waals surface area contributed by atoms with Gasteiger partial charge in [-0.05, 0) is 17.7 Å². The van der Waals surface area contributed by atoms with Crippen LogP contribution in [0.5, 0.6) is 0 Å². The van der Waals surface area contributed by atoms with Crippen molar-refractivity contribution >= 4 is 28.6 Å². The first kappa shape index (κ1) is 15.5. The van der Waals surface area contributed by atoms with Crippen LogP contribution in [0.3, 0.4) is 0 Å². The fourth-order valence-corrected chi connectivity index (χ4v) is 3.18. The Kier molecular flexibility index (Phi) is 4.87. The molecule has 0 aliphatic carbocycles. The normalized spacial score (nSPS) is 15.2. The summed E-state index contributed by atoms with van der Waals surface area (Å²) in [5, 5.41) is 6.71. The van der Waals surface area contributed by atoms with Crippen LogP contribution in [0, 0.1) is 0 Å². The minimum Gasteiger partial charge on any atom is -0.399 e. The van der Waals surface area contributed by atoms with Crippen molar-refractivity contribution in [3.63, 3.8) is 0 Å². The Balaban J connectivity index is 1.59. The number of nitrogens with zero attached hydrogens (tertiary/aromatic N) is 4. The highest BCUT2D eigenvalue weighted by Crippen LogP contribution is 2.19. The third kappa shape index (κ3) is 3.68. The van der Waals surface area contributed by atoms with E-state index in [1.54, 1.807) is 17.6 Å². The predicted molar refractivity (Wildman–Crippen MR) is 91.3 cm³/mol. The topological polar surface area (TPSA) is 58.0 Å². The second kappa shape index (κ2) is 7.23. The zero-order chi connectivity index (χ0) is 16.1. The number of piperazine rings is 1. The van der Waals surface area contributed by atoms with Crippen LogP contribution >= 0.6 is 11.3 Å². The van der Waals surface area contributed by atoms with Crippen molar-refractivity contribution in [2.45, 2.75) is 0 Å². The van der Waals surface area contributed by atoms with Crippen molar-refractivity contribution in [1.82, 2.24) is 9.88 Å². The number of carbonyl (C=O) groups excluding carboxylic acids is 1. The molecule has 0 atom stereocenters. The molecule has 2 aromatic rings. The maximum absolute atomic E-state index is 12.6. The molecule has 0 N–H and O–H groups in total. The number of thiazole rings is 1. The van der Waals surface area contributed by atoms with E-state index in [1.807, 2.05) is 40.7 Å². The zero-order valence-corrected chi connectivity index (χ0v) is 13.7. The second-order valence-corrected chi connectivity index (χ2v) is 6.01. The third-order valence-electron chi connectivity index (χ3n) is 3.72. The summed E-state index contributed by atoms with van der Waals surface area (Å²) in [5.41, 5.74) is 1.60. The molecule has 0 saturated carbocycles. The van der Waals surface area contributed by atoms with Crippen molar-refractivity contribution < 1.29 is 9.63 Å². The number of benzene rings is 1. The van der Waals surface area contributed by atoms with Crippen molar-refractivity contribution in [2.75, 3.05) is 38.2 Å². The van der Waals surface area contributed by atoms with Gasteiger partial charge >= 0.3 is 0 Å². The average molecular weight is 330 g/mol. The van der Waals surface area contributed by atoms with Gasteiger partial charge in [0.2, 0.25) is 0 Å². The summed E-state index contributed by atoms with van der Waals surface area (Å²) >= 11 is 1.63. The summed E-state index contributed by atoms with van der Waals surface area (Å²) in [5.74, 6) is 0.0685. The molecule has 6 nitrogen and oxygen atoms in total. The molecule has 1 aliphatic heterocycles. The van der Waals surface area contributed by atoms with Gasteiger partial charge in [0.25, 0.3) is 5.91 Å². The van der Waals surface area contributed by atoms with Gasteiger partial charge in [-0.2, -0.15) is 0 Å². The number of carbonyl (C=O) groups is 1. The monoisotopic (exact) mass is 330 g/mol. The lowest BCUT2D eigenvalue weighted by molar-refractivity contribution is 0.0747. The number of amides is 1. The molecule has 0 bridgehead atoms. The van der Waals surface area contributed by atoms with Gasteiger partial charge < -0.3 is 14.6 Å². The Bertz CT molecular complexity index is 662. The Morgan fingerprint density at radius 1 is 1.26 bits per heavy atom. The van der Waals surface area contributed by atoms with Crippen LogP contribution < -0.4 is 4.90 Å². The molecule has 0 radical (unpaired) electrons. The van der Waals surface area contributed by atoms with E-state index in [0.717, 1.165) is 23.8 Å². The van der Waals surface area contributed by atoms with Gasteiger partial charge in [-0.3, -0.25) is 4.79 Å². The number of hydrogen-bond acceptors (Lipinski definition) is 6. The minimum atomic E-state index is 0.0685. The van der Waals surface area contributed by atoms with E-state index in [2.05, 4.69) is 19.9 Å². The summed E-state index contributed by atoms with van der Waals surface area (Å²) in [6, 6.07) is 7.38. The van der Waals surface area contributed by atoms with E-state index < -0.39 is 0 Å². The summed E-state index contributed by atoms with van der Waals surface area (Å²) in [7, 11) is 1.50. The summed E-state index contributed by atoms with van der Waals surface area (Å²) in [4.78, 5) is 25.6. The Labute approximate surface area is 139 Å². The van der Waals surface area contributed by atoms with Crippen LogP contribution in [0.2, 0.25) is 0 Å². The van der Waals surface area contributed by atoms with E-state index in [-0.39, 0.29) is 5.91 Å². The van der Waals surface area contributed by atoms with Crippen LogP contribution in [0.1, 0.15) is 15.9 Å². The van der Waals surface area contributed by atoms with Crippen LogP contribution in [0.4, 0.5) is 5.13 Å². The molecule has 3 rings (SSSR count). The Morgan fingerprint density at radius 3 is 2.61 bits per heavy atom. The lowest BCUT2D eigenvalue weighted by atomic mass is 10.1. The SMILES string of the molecule is CO/N=C/c1ccc(C(=O)N2CCN(c3nccs3)CC2)cc1. The fraction of sp³-hybridized carbons (Fsp3) is 0.312. The maximum Gasteiger partial charge on any atom is 0.253 e. The second-order valence-electron chi connectivity index (χ2n) is 5.13. The molecule has 1 fully saturated rings. The molecule has 7 heteroatoms. The van der Waals surface area contributed by atoms with E-state index in [0.29, 0.717) is 18.7 Å². The first-order chi connectivity index (χ1) is 11.3. The largest absolute Gasteiger partial charge is 0.399 e. The highest BCUT2D eigenvalue weighted by molar-refractivity contribution is 7.13. The molecular formula is C16H18N4O2S. The van der Waals surface area contributed by atoms with Crippen molar-refractivity contribution in [3.05, 3.63) is 47.0 Å². The smallest absolute Gasteiger partial charge is 0.253 e. The molecule has 1 amide bonds. The molecular weight excluding hydrogens is 312 g/mol. The van der Waals surface area contributed by atoms with Gasteiger partial charge in [0.1, 0.15) is 7.11 Å². The molecule has 1 saturated heterocycles. The van der Waals surface area contributed by atoms with Crippen LogP contribution in [0.15, 0.2) is 41.0 Å². The molecule has 0 spiro atoms. The predicted octanol–water partition coefficient (Wildman–Crippen LogP) is 2.09. The zero-order valence-electron chi connectivity index (χ0n) is 12.9. The minimum absolute atomic E-state index is 0.0685. The third-order valence-corrected chi connectivity index (χ3v) is 4.55. The number of aromatic nitrogens is 1. The Morgan fingerprint density at radius 2 is 2.00 bits per heavy atom. The van der Waals surface area contributed by atoms with Crippen molar-refractivity contribution in [3.8, 4) is 0 Å². The van der Waals surface area contributed by atoms with E-state index in [9.17, 15) is 4.79 Å². The molecule has 1 aromatic heterocycles. The highest BCUT2D eigenvalue weighted by Gasteiger charge is 2.23. The lowest BCUT2D eigenvalue weighted by Crippen LogP contribution is -2.48. The molecule has 1 aliphatic rings. The van der Waals surface area contributed by atoms with Crippen LogP contribution in [-0.2, 0) is 4.84 Å². The highest BCUT2D eigenvalue weighted by atomic mass is 32.1. The van der Waals surface area contributed by atoms with Gasteiger partial charge in [-0.25, -0.2) is 4.98 Å². The first-order valence-corrected chi connectivity index (χ1v) is 8.26. The number of hydrogen-bond donors (Lipinski definition) is 0. The van der Waals surface area contributed by atoms with E-state index in [4.69, 9.17) is 0 Å². The van der Waals surface area contributed by atoms with Gasteiger partial charge in [-0.1, -0.05) is 17.3 Å². The fourth-order valence-electron chi connectivity index (χ4n) is 2.48. The lowest BCUT2D eigenvalue weighted by Gasteiger charge is -2.34. The standard InChI is InChI=1S/C16H18N4O2S/c1-22-18-12-13-2-4-14(5-3-13)15(21)19-7-9-20(10-8-19)16-17-6-11-23-16/h2-6,11-12H,7-10H2,1H3/b18-12+. The summed E-state index contributed by atoms with van der Waals surface area (Å²) in [6.07, 6.45) is 3.42. The number of anilines is 1. The maximum atomic E-state index is 12.6. The van der Waals surface area contributed by atoms with Crippen molar-refractivity contribution in [2.24, 2.45) is 5.16 Å². The quantitative estimate of drug-likeness (QED) is 0.636. The first-order valence-electron chi connectivity index (χ1n) is 7.38. The summed E-state index contributed by atoms with van der Waals surface area (Å²) < 4.78 is 0. The van der Waals surface area contributed by atoms with Gasteiger partial charge in [0.05, 0.1) is 6.21 Å². The Hall–Kier alpha value is -2.41. The molecule has 0 unspecified atom stereocenters. The van der Waals surface area contributed by atoms with E-state index in [1.165, 1.54) is 7.11 Å². The number of oxime groups is 1. The van der Waals surface area contributed by atoms with Crippen molar-refractivity contribution in [1.29, 1.82) is 0 Å². The average Bonchev–Trinajstić information content (AvgIpc) is 3.14. The number of rotatable bonds is 4. The summed E-state index contributed by atoms with van der Waals surface area (Å²) in [6.45, 7) is 3.06. The van der Waals surface area contributed by atoms with Gasteiger partial charge in [0, 0.05) is 43.3 Å². The van der Waals surface area contributed by atoms with E-state index >= 15 is 0 Å². The van der Waals surface area contributed by atoms with Gasteiger partial charge in [-0.15, -0.1) is 11.3 Å². The van der Waals surface area contributed by atoms with Crippen LogP contribution in [-0.4, -0.2) is 55.3 Å². The molecule has 2 heterocycles. The van der Waals surface area contributed by atoms with Crippen LogP contribution in [0.25, 0.3) is 0 Å². The van der Waals surface area contributed by atoms with Gasteiger partial charge in [0.15, 0.2) is 5.13 Å². The molecule has 1 aromatic carbocycles. The molecule has 120 valence electrons.